The standard InChI is InChI=1S/C16H17NO3/c18-16(11-1-2-15-10(5-11)3-4-20-15)12-6-13-8-19-9-14(7-12)17-13/h1-5,12-14,17H,6-9H2. The molecule has 2 atom stereocenters. The summed E-state index contributed by atoms with van der Waals surface area (Å²) in [7, 11) is 0. The molecule has 1 aromatic carbocycles. The molecule has 2 aromatic rings. The highest BCUT2D eigenvalue weighted by molar-refractivity contribution is 6.00. The van der Waals surface area contributed by atoms with E-state index < -0.39 is 0 Å². The molecule has 3 heterocycles. The number of furan rings is 1. The predicted molar refractivity (Wildman–Crippen MR) is 74.8 cm³/mol. The minimum atomic E-state index is 0.111. The molecule has 2 aliphatic rings. The highest BCUT2D eigenvalue weighted by Crippen LogP contribution is 2.28. The molecule has 4 nitrogen and oxygen atoms in total. The molecule has 20 heavy (non-hydrogen) atoms. The number of ketones is 1. The van der Waals surface area contributed by atoms with Gasteiger partial charge in [-0.1, -0.05) is 0 Å². The van der Waals surface area contributed by atoms with Crippen molar-refractivity contribution in [2.45, 2.75) is 24.9 Å². The number of carbonyl (C=O) groups excluding carboxylic acids is 1. The van der Waals surface area contributed by atoms with Crippen molar-refractivity contribution in [3.05, 3.63) is 36.1 Å². The predicted octanol–water partition coefficient (Wildman–Crippen LogP) is 2.38. The molecule has 1 N–H and O–H groups in total. The second-order valence-electron chi connectivity index (χ2n) is 5.80. The number of morpholine rings is 1. The van der Waals surface area contributed by atoms with Gasteiger partial charge >= 0.3 is 0 Å². The lowest BCUT2D eigenvalue weighted by Gasteiger charge is -2.39. The summed E-state index contributed by atoms with van der Waals surface area (Å²) in [5.41, 5.74) is 1.63. The number of hydrogen-bond acceptors (Lipinski definition) is 4. The van der Waals surface area contributed by atoms with Crippen LogP contribution >= 0.6 is 0 Å². The van der Waals surface area contributed by atoms with Gasteiger partial charge in [-0.05, 0) is 37.1 Å². The Morgan fingerprint density at radius 2 is 1.95 bits per heavy atom. The van der Waals surface area contributed by atoms with Crippen LogP contribution in [-0.4, -0.2) is 31.1 Å². The van der Waals surface area contributed by atoms with E-state index >= 15 is 0 Å². The lowest BCUT2D eigenvalue weighted by Crippen LogP contribution is -2.55. The molecule has 1 aromatic heterocycles. The zero-order valence-electron chi connectivity index (χ0n) is 11.2. The van der Waals surface area contributed by atoms with E-state index in [2.05, 4.69) is 5.32 Å². The molecule has 2 saturated heterocycles. The first-order valence-electron chi connectivity index (χ1n) is 7.15. The fourth-order valence-electron chi connectivity index (χ4n) is 3.41. The fraction of sp³-hybridized carbons (Fsp3) is 0.438. The monoisotopic (exact) mass is 271 g/mol. The summed E-state index contributed by atoms with van der Waals surface area (Å²) in [6, 6.07) is 8.26. The maximum absolute atomic E-state index is 12.7. The van der Waals surface area contributed by atoms with Crippen molar-refractivity contribution in [2.75, 3.05) is 13.2 Å². The minimum absolute atomic E-state index is 0.111. The number of nitrogens with one attached hydrogen (secondary N) is 1. The third kappa shape index (κ3) is 2.05. The van der Waals surface area contributed by atoms with Gasteiger partial charge in [0.1, 0.15) is 5.58 Å². The lowest BCUT2D eigenvalue weighted by molar-refractivity contribution is 0.00953. The van der Waals surface area contributed by atoms with Gasteiger partial charge < -0.3 is 14.5 Å². The van der Waals surface area contributed by atoms with E-state index in [4.69, 9.17) is 9.15 Å². The maximum Gasteiger partial charge on any atom is 0.166 e. The van der Waals surface area contributed by atoms with Crippen LogP contribution in [0.4, 0.5) is 0 Å². The lowest BCUT2D eigenvalue weighted by atomic mass is 9.82. The number of Topliss-reactive ketones (excluding diaryl/α,β-unsaturated/α-hetero) is 1. The summed E-state index contributed by atoms with van der Waals surface area (Å²) in [4.78, 5) is 12.7. The van der Waals surface area contributed by atoms with Crippen molar-refractivity contribution in [3.63, 3.8) is 0 Å². The summed E-state index contributed by atoms with van der Waals surface area (Å²) >= 11 is 0. The molecule has 0 saturated carbocycles. The van der Waals surface area contributed by atoms with Gasteiger partial charge in [0.05, 0.1) is 19.5 Å². The molecule has 0 aliphatic carbocycles. The molecule has 2 bridgehead atoms. The van der Waals surface area contributed by atoms with E-state index in [1.807, 2.05) is 24.3 Å². The Hall–Kier alpha value is -1.65. The molecule has 104 valence electrons. The van der Waals surface area contributed by atoms with Gasteiger partial charge in [0, 0.05) is 29.0 Å². The van der Waals surface area contributed by atoms with Crippen LogP contribution in [0, 0.1) is 5.92 Å². The van der Waals surface area contributed by atoms with Crippen LogP contribution in [0.25, 0.3) is 11.0 Å². The van der Waals surface area contributed by atoms with Crippen LogP contribution in [-0.2, 0) is 4.74 Å². The van der Waals surface area contributed by atoms with Gasteiger partial charge in [-0.2, -0.15) is 0 Å². The minimum Gasteiger partial charge on any atom is -0.464 e. The number of benzene rings is 1. The van der Waals surface area contributed by atoms with Gasteiger partial charge in [0.25, 0.3) is 0 Å². The van der Waals surface area contributed by atoms with Crippen molar-refractivity contribution >= 4 is 16.8 Å². The molecule has 2 fully saturated rings. The molecule has 2 aliphatic heterocycles. The SMILES string of the molecule is O=C(c1ccc2occc2c1)C1CC2COCC(C1)N2. The van der Waals surface area contributed by atoms with Crippen molar-refractivity contribution in [1.29, 1.82) is 0 Å². The van der Waals surface area contributed by atoms with E-state index in [9.17, 15) is 4.79 Å². The zero-order chi connectivity index (χ0) is 13.5. The van der Waals surface area contributed by atoms with E-state index in [-0.39, 0.29) is 11.7 Å². The van der Waals surface area contributed by atoms with Crippen LogP contribution in [0.3, 0.4) is 0 Å². The smallest absolute Gasteiger partial charge is 0.166 e. The van der Waals surface area contributed by atoms with Crippen LogP contribution < -0.4 is 5.32 Å². The maximum atomic E-state index is 12.7. The second-order valence-corrected chi connectivity index (χ2v) is 5.80. The Bertz CT molecular complexity index is 636. The molecule has 2 unspecified atom stereocenters. The summed E-state index contributed by atoms with van der Waals surface area (Å²) in [6.07, 6.45) is 3.41. The highest BCUT2D eigenvalue weighted by atomic mass is 16.5. The average Bonchev–Trinajstić information content (AvgIpc) is 2.93. The number of ether oxygens (including phenoxy) is 1. The molecule has 0 amide bonds. The third-order valence-corrected chi connectivity index (χ3v) is 4.36. The van der Waals surface area contributed by atoms with Crippen LogP contribution in [0.1, 0.15) is 23.2 Å². The average molecular weight is 271 g/mol. The molecule has 0 spiro atoms. The second kappa shape index (κ2) is 4.72. The van der Waals surface area contributed by atoms with Gasteiger partial charge in [-0.25, -0.2) is 0 Å². The first kappa shape index (κ1) is 12.1. The number of hydrogen-bond donors (Lipinski definition) is 1. The fourth-order valence-corrected chi connectivity index (χ4v) is 3.41. The summed E-state index contributed by atoms with van der Waals surface area (Å²) in [5, 5.41) is 4.52. The molecule has 0 radical (unpaired) electrons. The van der Waals surface area contributed by atoms with E-state index in [1.54, 1.807) is 6.26 Å². The molecule has 4 heteroatoms. The Balaban J connectivity index is 1.59. The number of piperidine rings is 1. The van der Waals surface area contributed by atoms with Crippen molar-refractivity contribution in [2.24, 2.45) is 5.92 Å². The molecular formula is C16H17NO3. The van der Waals surface area contributed by atoms with Crippen molar-refractivity contribution in [1.82, 2.24) is 5.32 Å². The first-order chi connectivity index (χ1) is 9.79. The topological polar surface area (TPSA) is 51.5 Å². The Labute approximate surface area is 117 Å². The number of rotatable bonds is 2. The van der Waals surface area contributed by atoms with E-state index in [0.29, 0.717) is 12.1 Å². The normalized spacial score (nSPS) is 29.5. The zero-order valence-corrected chi connectivity index (χ0v) is 11.2. The van der Waals surface area contributed by atoms with Crippen molar-refractivity contribution < 1.29 is 13.9 Å². The first-order valence-corrected chi connectivity index (χ1v) is 7.15. The number of carbonyl (C=O) groups is 1. The van der Waals surface area contributed by atoms with Gasteiger partial charge in [-0.15, -0.1) is 0 Å². The van der Waals surface area contributed by atoms with Crippen LogP contribution in [0.2, 0.25) is 0 Å². The Morgan fingerprint density at radius 3 is 2.75 bits per heavy atom. The third-order valence-electron chi connectivity index (χ3n) is 4.36. The van der Waals surface area contributed by atoms with Gasteiger partial charge in [0.2, 0.25) is 0 Å². The summed E-state index contributed by atoms with van der Waals surface area (Å²) in [6.45, 7) is 1.45. The molecule has 4 rings (SSSR count). The van der Waals surface area contributed by atoms with Gasteiger partial charge in [0.15, 0.2) is 5.78 Å². The highest BCUT2D eigenvalue weighted by Gasteiger charge is 2.35. The molecular weight excluding hydrogens is 254 g/mol. The van der Waals surface area contributed by atoms with Crippen molar-refractivity contribution in [3.8, 4) is 0 Å². The van der Waals surface area contributed by atoms with Crippen LogP contribution in [0.15, 0.2) is 34.9 Å². The largest absolute Gasteiger partial charge is 0.464 e. The summed E-state index contributed by atoms with van der Waals surface area (Å²) in [5.74, 6) is 0.367. The Kier molecular flexibility index (Phi) is 2.86. The van der Waals surface area contributed by atoms with E-state index in [1.165, 1.54) is 0 Å². The number of fused-ring (bicyclic) bond motifs is 3. The summed E-state index contributed by atoms with van der Waals surface area (Å²) < 4.78 is 10.9. The van der Waals surface area contributed by atoms with E-state index in [0.717, 1.165) is 42.6 Å². The Morgan fingerprint density at radius 1 is 1.15 bits per heavy atom. The quantitative estimate of drug-likeness (QED) is 0.852. The van der Waals surface area contributed by atoms with Crippen LogP contribution in [0.5, 0.6) is 0 Å². The van der Waals surface area contributed by atoms with Gasteiger partial charge in [-0.3, -0.25) is 4.79 Å².